The number of carboxylic acid groups (broad SMARTS) is 1. The van der Waals surface area contributed by atoms with Crippen molar-refractivity contribution < 1.29 is 19.4 Å². The molecular weight excluding hydrogens is 440 g/mol. The van der Waals surface area contributed by atoms with E-state index >= 15 is 0 Å². The third kappa shape index (κ3) is 4.70. The molecule has 2 aromatic carbocycles. The Morgan fingerprint density at radius 2 is 1.85 bits per heavy atom. The van der Waals surface area contributed by atoms with Crippen molar-refractivity contribution >= 4 is 28.8 Å². The van der Waals surface area contributed by atoms with Crippen LogP contribution in [-0.4, -0.2) is 31.7 Å². The maximum atomic E-state index is 12.3. The lowest BCUT2D eigenvalue weighted by Crippen LogP contribution is -2.20. The molecule has 0 saturated carbocycles. The fourth-order valence-electron chi connectivity index (χ4n) is 3.38. The van der Waals surface area contributed by atoms with E-state index in [-0.39, 0.29) is 23.1 Å². The van der Waals surface area contributed by atoms with Crippen molar-refractivity contribution in [3.05, 3.63) is 97.8 Å². The molecule has 34 heavy (non-hydrogen) atoms. The quantitative estimate of drug-likeness (QED) is 0.415. The Hall–Kier alpha value is -4.73. The van der Waals surface area contributed by atoms with Crippen LogP contribution in [0.3, 0.4) is 0 Å². The number of hydrogen-bond acceptors (Lipinski definition) is 6. The van der Waals surface area contributed by atoms with Gasteiger partial charge in [0.1, 0.15) is 6.61 Å². The number of aryl methyl sites for hydroxylation is 2. The van der Waals surface area contributed by atoms with Crippen molar-refractivity contribution in [2.45, 2.75) is 20.5 Å². The van der Waals surface area contributed by atoms with Crippen molar-refractivity contribution in [1.29, 1.82) is 0 Å². The van der Waals surface area contributed by atoms with Crippen LogP contribution in [-0.2, 0) is 11.3 Å². The molecule has 0 bridgehead atoms. The first-order valence-corrected chi connectivity index (χ1v) is 10.2. The normalized spacial score (nSPS) is 10.8. The summed E-state index contributed by atoms with van der Waals surface area (Å²) in [7, 11) is 0. The fourth-order valence-corrected chi connectivity index (χ4v) is 3.38. The highest BCUT2D eigenvalue weighted by Crippen LogP contribution is 2.20. The van der Waals surface area contributed by atoms with E-state index in [0.29, 0.717) is 16.9 Å². The van der Waals surface area contributed by atoms with Crippen LogP contribution in [0, 0.1) is 13.8 Å². The Balaban J connectivity index is 1.60. The first kappa shape index (κ1) is 22.5. The number of nitrogens with zero attached hydrogens (tertiary/aromatic N) is 2. The van der Waals surface area contributed by atoms with Gasteiger partial charge in [0, 0.05) is 24.1 Å². The van der Waals surface area contributed by atoms with Crippen LogP contribution in [0.25, 0.3) is 16.7 Å². The van der Waals surface area contributed by atoms with E-state index in [2.05, 4.69) is 15.3 Å². The van der Waals surface area contributed by atoms with Gasteiger partial charge in [0.2, 0.25) is 5.69 Å². The molecule has 0 unspecified atom stereocenters. The number of H-pyrrole nitrogens is 1. The van der Waals surface area contributed by atoms with Crippen LogP contribution < -0.4 is 16.3 Å². The molecule has 0 aliphatic heterocycles. The minimum absolute atomic E-state index is 0.238. The van der Waals surface area contributed by atoms with Gasteiger partial charge in [-0.05, 0) is 43.7 Å². The number of carbonyl (C=O) groups is 2. The minimum atomic E-state index is -1.43. The van der Waals surface area contributed by atoms with Crippen LogP contribution >= 0.6 is 0 Å². The molecule has 2 aromatic heterocycles. The molecule has 3 N–H and O–H groups in total. The van der Waals surface area contributed by atoms with Crippen LogP contribution in [0.1, 0.15) is 27.2 Å². The van der Waals surface area contributed by atoms with E-state index in [4.69, 9.17) is 4.74 Å². The number of hydrogen-bond donors (Lipinski definition) is 3. The molecule has 10 nitrogen and oxygen atoms in total. The first-order chi connectivity index (χ1) is 16.2. The number of ether oxygens (including phenoxy) is 1. The van der Waals surface area contributed by atoms with E-state index in [1.165, 1.54) is 18.5 Å². The molecule has 0 saturated heterocycles. The van der Waals surface area contributed by atoms with Crippen molar-refractivity contribution in [1.82, 2.24) is 14.5 Å². The van der Waals surface area contributed by atoms with Gasteiger partial charge in [0.15, 0.2) is 5.43 Å². The van der Waals surface area contributed by atoms with Crippen molar-refractivity contribution in [3.8, 4) is 5.69 Å². The van der Waals surface area contributed by atoms with E-state index in [0.717, 1.165) is 11.1 Å². The summed E-state index contributed by atoms with van der Waals surface area (Å²) in [5.41, 5.74) is 2.13. The summed E-state index contributed by atoms with van der Waals surface area (Å²) in [6.07, 6.45) is 2.37. The van der Waals surface area contributed by atoms with Gasteiger partial charge in [-0.1, -0.05) is 17.7 Å². The molecular formula is C24H20N4O6. The van der Waals surface area contributed by atoms with E-state index in [1.807, 2.05) is 19.1 Å². The molecule has 0 aliphatic rings. The van der Waals surface area contributed by atoms with Gasteiger partial charge in [-0.2, -0.15) is 0 Å². The summed E-state index contributed by atoms with van der Waals surface area (Å²) in [6, 6.07) is 11.8. The van der Waals surface area contributed by atoms with Crippen LogP contribution in [0.2, 0.25) is 0 Å². The fraction of sp³-hybridized carbons (Fsp3) is 0.125. The molecule has 2 heterocycles. The van der Waals surface area contributed by atoms with Gasteiger partial charge in [0.25, 0.3) is 5.56 Å². The average Bonchev–Trinajstić information content (AvgIpc) is 2.79. The molecule has 0 spiro atoms. The number of rotatable bonds is 5. The zero-order valence-electron chi connectivity index (χ0n) is 18.3. The summed E-state index contributed by atoms with van der Waals surface area (Å²) in [4.78, 5) is 54.1. The molecule has 0 radical (unpaired) electrons. The number of benzene rings is 2. The van der Waals surface area contributed by atoms with Gasteiger partial charge < -0.3 is 19.4 Å². The number of aromatic carboxylic acids is 1. The van der Waals surface area contributed by atoms with Crippen molar-refractivity contribution in [3.63, 3.8) is 0 Å². The number of nitrogens with one attached hydrogen (secondary N) is 2. The molecule has 10 heteroatoms. The lowest BCUT2D eigenvalue weighted by Gasteiger charge is -2.13. The molecule has 172 valence electrons. The standard InChI is InChI=1S/C24H20N4O6/c1-13-3-5-16(6-4-13)25-24(33)34-12-15-11-28(8-7-20(15)29)19-10-18-17(9-14(19)2)27-22(30)21(26-18)23(31)32/h3-11H,12H2,1-2H3,(H,25,33)(H,27,30)(H,31,32). The Kier molecular flexibility index (Phi) is 5.96. The second kappa shape index (κ2) is 9.02. The van der Waals surface area contributed by atoms with Crippen LogP contribution in [0.15, 0.2) is 64.4 Å². The smallest absolute Gasteiger partial charge is 0.411 e. The SMILES string of the molecule is Cc1ccc(NC(=O)OCc2cn(-c3cc4nc(C(=O)O)c(=O)[nH]c4cc3C)ccc2=O)cc1. The highest BCUT2D eigenvalue weighted by molar-refractivity contribution is 5.88. The van der Waals surface area contributed by atoms with Crippen LogP contribution in [0.5, 0.6) is 0 Å². The molecule has 4 rings (SSSR count). The molecule has 0 fully saturated rings. The largest absolute Gasteiger partial charge is 0.476 e. The third-order valence-corrected chi connectivity index (χ3v) is 5.15. The summed E-state index contributed by atoms with van der Waals surface area (Å²) in [6.45, 7) is 3.47. The van der Waals surface area contributed by atoms with Gasteiger partial charge in [-0.15, -0.1) is 0 Å². The van der Waals surface area contributed by atoms with Gasteiger partial charge >= 0.3 is 12.1 Å². The van der Waals surface area contributed by atoms with Crippen LogP contribution in [0.4, 0.5) is 10.5 Å². The van der Waals surface area contributed by atoms with Crippen molar-refractivity contribution in [2.75, 3.05) is 5.32 Å². The number of amides is 1. The Morgan fingerprint density at radius 3 is 2.56 bits per heavy atom. The van der Waals surface area contributed by atoms with Gasteiger partial charge in [0.05, 0.1) is 22.3 Å². The first-order valence-electron chi connectivity index (χ1n) is 10.2. The van der Waals surface area contributed by atoms with Gasteiger partial charge in [-0.25, -0.2) is 14.6 Å². The predicted octanol–water partition coefficient (Wildman–Crippen LogP) is 3.14. The lowest BCUT2D eigenvalue weighted by molar-refractivity contribution is 0.0688. The average molecular weight is 460 g/mol. The summed E-state index contributed by atoms with van der Waals surface area (Å²) < 4.78 is 6.85. The second-order valence-corrected chi connectivity index (χ2v) is 7.68. The summed E-state index contributed by atoms with van der Waals surface area (Å²) in [5.74, 6) is -1.43. The third-order valence-electron chi connectivity index (χ3n) is 5.15. The number of aromatic amines is 1. The zero-order valence-corrected chi connectivity index (χ0v) is 18.3. The summed E-state index contributed by atoms with van der Waals surface area (Å²) in [5, 5.41) is 11.8. The maximum absolute atomic E-state index is 12.3. The Morgan fingerprint density at radius 1 is 1.12 bits per heavy atom. The topological polar surface area (TPSA) is 143 Å². The summed E-state index contributed by atoms with van der Waals surface area (Å²) >= 11 is 0. The van der Waals surface area contributed by atoms with E-state index < -0.39 is 23.3 Å². The molecule has 0 atom stereocenters. The second-order valence-electron chi connectivity index (χ2n) is 7.68. The molecule has 1 amide bonds. The highest BCUT2D eigenvalue weighted by atomic mass is 16.5. The number of aromatic nitrogens is 3. The maximum Gasteiger partial charge on any atom is 0.411 e. The van der Waals surface area contributed by atoms with E-state index in [9.17, 15) is 24.3 Å². The number of carboxylic acids is 1. The molecule has 0 aliphatic carbocycles. The number of anilines is 1. The minimum Gasteiger partial charge on any atom is -0.476 e. The highest BCUT2D eigenvalue weighted by Gasteiger charge is 2.14. The predicted molar refractivity (Wildman–Crippen MR) is 125 cm³/mol. The Labute approximate surface area is 192 Å². The monoisotopic (exact) mass is 460 g/mol. The van der Waals surface area contributed by atoms with Crippen molar-refractivity contribution in [2.24, 2.45) is 0 Å². The van der Waals surface area contributed by atoms with Gasteiger partial charge in [-0.3, -0.25) is 14.9 Å². The van der Waals surface area contributed by atoms with E-state index in [1.54, 1.807) is 35.8 Å². The zero-order chi connectivity index (χ0) is 24.4. The number of pyridine rings is 1. The Bertz CT molecular complexity index is 1540. The number of carbonyl (C=O) groups excluding carboxylic acids is 1. The number of fused-ring (bicyclic) bond motifs is 1. The molecule has 4 aromatic rings. The lowest BCUT2D eigenvalue weighted by atomic mass is 10.1.